The van der Waals surface area contributed by atoms with Gasteiger partial charge in [-0.25, -0.2) is 4.98 Å². The number of alkyl halides is 3. The highest BCUT2D eigenvalue weighted by Gasteiger charge is 2.39. The third kappa shape index (κ3) is 6.95. The predicted octanol–water partition coefficient (Wildman–Crippen LogP) is 4.29. The van der Waals surface area contributed by atoms with Crippen LogP contribution in [0.15, 0.2) is 30.5 Å². The van der Waals surface area contributed by atoms with Crippen LogP contribution in [-0.2, 0) is 27.9 Å². The Labute approximate surface area is 218 Å². The van der Waals surface area contributed by atoms with Crippen LogP contribution in [-0.4, -0.2) is 59.0 Å². The maximum Gasteiger partial charge on any atom is 0.416 e. The lowest BCUT2D eigenvalue weighted by Crippen LogP contribution is -2.43. The van der Waals surface area contributed by atoms with Gasteiger partial charge in [-0.15, -0.1) is 11.3 Å². The molecule has 4 rings (SSSR count). The number of benzene rings is 1. The van der Waals surface area contributed by atoms with Gasteiger partial charge in [0.1, 0.15) is 10.6 Å². The van der Waals surface area contributed by atoms with Crippen LogP contribution in [0.2, 0.25) is 0 Å². The molecule has 202 valence electrons. The van der Waals surface area contributed by atoms with Crippen molar-refractivity contribution >= 4 is 23.0 Å². The third-order valence-corrected chi connectivity index (χ3v) is 8.42. The van der Waals surface area contributed by atoms with E-state index in [-0.39, 0.29) is 30.4 Å². The number of likely N-dealkylation sites (tertiary alicyclic amines) is 1. The molecule has 1 amide bonds. The van der Waals surface area contributed by atoms with Gasteiger partial charge in [0.2, 0.25) is 5.91 Å². The van der Waals surface area contributed by atoms with Gasteiger partial charge in [0, 0.05) is 56.9 Å². The zero-order valence-corrected chi connectivity index (χ0v) is 21.5. The number of hydrogen-bond donors (Lipinski definition) is 2. The Morgan fingerprint density at radius 1 is 1.24 bits per heavy atom. The Morgan fingerprint density at radius 3 is 2.70 bits per heavy atom. The summed E-state index contributed by atoms with van der Waals surface area (Å²) in [4.78, 5) is 32.3. The Bertz CT molecular complexity index is 1100. The summed E-state index contributed by atoms with van der Waals surface area (Å²) in [6.07, 6.45) is 0.807. The number of aliphatic hydroxyl groups is 1. The summed E-state index contributed by atoms with van der Waals surface area (Å²) in [5.41, 5.74) is -1.78. The molecule has 2 aromatic rings. The van der Waals surface area contributed by atoms with E-state index in [9.17, 15) is 27.9 Å². The smallest absolute Gasteiger partial charge is 0.384 e. The number of methoxy groups -OCH3 is 1. The average Bonchev–Trinajstić information content (AvgIpc) is 3.53. The Balaban J connectivity index is 1.21. The second-order valence-electron chi connectivity index (χ2n) is 9.86. The van der Waals surface area contributed by atoms with Gasteiger partial charge in [0.15, 0.2) is 5.78 Å². The van der Waals surface area contributed by atoms with Crippen LogP contribution in [0.4, 0.5) is 13.2 Å². The second-order valence-corrected chi connectivity index (χ2v) is 11.0. The molecular formula is C26H32F3N3O4S. The van der Waals surface area contributed by atoms with E-state index in [2.05, 4.69) is 15.2 Å². The summed E-state index contributed by atoms with van der Waals surface area (Å²) in [7, 11) is 1.62. The normalized spacial score (nSPS) is 24.8. The summed E-state index contributed by atoms with van der Waals surface area (Å²) in [6, 6.07) is 4.58. The number of Topliss-reactive ketones (excluding diaryl/α,β-unsaturated/α-hetero) is 1. The van der Waals surface area contributed by atoms with Crippen LogP contribution in [0.5, 0.6) is 0 Å². The van der Waals surface area contributed by atoms with Crippen LogP contribution >= 0.6 is 11.3 Å². The molecule has 11 heteroatoms. The van der Waals surface area contributed by atoms with Crippen molar-refractivity contribution in [3.63, 3.8) is 0 Å². The second kappa shape index (κ2) is 11.6. The predicted molar refractivity (Wildman–Crippen MR) is 132 cm³/mol. The van der Waals surface area contributed by atoms with E-state index in [0.29, 0.717) is 32.0 Å². The summed E-state index contributed by atoms with van der Waals surface area (Å²) in [5, 5.41) is 15.0. The summed E-state index contributed by atoms with van der Waals surface area (Å²) in [5.74, 6) is -0.762. The van der Waals surface area contributed by atoms with Crippen molar-refractivity contribution < 1.29 is 32.6 Å². The molecule has 0 spiro atoms. The molecule has 2 aliphatic rings. The molecule has 1 aromatic carbocycles. The molecule has 0 radical (unpaired) electrons. The van der Waals surface area contributed by atoms with Gasteiger partial charge >= 0.3 is 6.18 Å². The van der Waals surface area contributed by atoms with E-state index in [4.69, 9.17) is 4.74 Å². The standard InChI is InChI=1S/C26H32F3N3O4S/c1-36-16-24-30-14-22(37-24)25(35)10-7-20(8-11-25)32-12-9-19(15-32)31-23(34)6-5-21(33)17-3-2-4-18(13-17)26(27,28)29/h2-4,13-14,19-20,35H,5-12,15-16H2,1H3,(H,31,34)/t19-,20?,25?/m1/s1. The van der Waals surface area contributed by atoms with Crippen LogP contribution in [0, 0.1) is 0 Å². The molecule has 2 fully saturated rings. The van der Waals surface area contributed by atoms with Crippen LogP contribution in [0.3, 0.4) is 0 Å². The fourth-order valence-corrected chi connectivity index (χ4v) is 6.22. The van der Waals surface area contributed by atoms with Crippen molar-refractivity contribution in [3.8, 4) is 0 Å². The topological polar surface area (TPSA) is 91.8 Å². The highest BCUT2D eigenvalue weighted by molar-refractivity contribution is 7.11. The first-order chi connectivity index (χ1) is 17.6. The Kier molecular flexibility index (Phi) is 8.67. The van der Waals surface area contributed by atoms with Gasteiger partial charge in [-0.1, -0.05) is 12.1 Å². The maximum atomic E-state index is 12.9. The van der Waals surface area contributed by atoms with E-state index >= 15 is 0 Å². The zero-order valence-electron chi connectivity index (χ0n) is 20.7. The third-order valence-electron chi connectivity index (χ3n) is 7.25. The zero-order chi connectivity index (χ0) is 26.6. The van der Waals surface area contributed by atoms with Gasteiger partial charge in [0.25, 0.3) is 0 Å². The van der Waals surface area contributed by atoms with E-state index in [1.807, 2.05) is 0 Å². The van der Waals surface area contributed by atoms with E-state index < -0.39 is 23.1 Å². The summed E-state index contributed by atoms with van der Waals surface area (Å²) >= 11 is 1.49. The number of amides is 1. The first kappa shape index (κ1) is 27.7. The van der Waals surface area contributed by atoms with Crippen molar-refractivity contribution in [2.24, 2.45) is 0 Å². The molecule has 7 nitrogen and oxygen atoms in total. The largest absolute Gasteiger partial charge is 0.416 e. The number of ketones is 1. The molecule has 2 N–H and O–H groups in total. The molecule has 37 heavy (non-hydrogen) atoms. The molecule has 1 aliphatic carbocycles. The number of thiazole rings is 1. The van der Waals surface area contributed by atoms with Gasteiger partial charge in [-0.05, 0) is 44.2 Å². The fourth-order valence-electron chi connectivity index (χ4n) is 5.18. The first-order valence-corrected chi connectivity index (χ1v) is 13.3. The number of nitrogens with zero attached hydrogens (tertiary/aromatic N) is 2. The quantitative estimate of drug-likeness (QED) is 0.462. The number of carbonyl (C=O) groups is 2. The van der Waals surface area contributed by atoms with Crippen molar-refractivity contribution in [1.82, 2.24) is 15.2 Å². The Hall–Kier alpha value is -2.34. The highest BCUT2D eigenvalue weighted by atomic mass is 32.1. The van der Waals surface area contributed by atoms with Crippen molar-refractivity contribution in [2.45, 2.75) is 75.4 Å². The summed E-state index contributed by atoms with van der Waals surface area (Å²) in [6.45, 7) is 1.98. The molecular weight excluding hydrogens is 507 g/mol. The van der Waals surface area contributed by atoms with Gasteiger partial charge in [0.05, 0.1) is 17.0 Å². The lowest BCUT2D eigenvalue weighted by atomic mass is 9.81. The number of rotatable bonds is 9. The number of ether oxygens (including phenoxy) is 1. The minimum absolute atomic E-state index is 0.0323. The minimum atomic E-state index is -4.52. The van der Waals surface area contributed by atoms with Crippen molar-refractivity contribution in [3.05, 3.63) is 51.5 Å². The van der Waals surface area contributed by atoms with Crippen LogP contribution in [0.25, 0.3) is 0 Å². The number of halogens is 3. The van der Waals surface area contributed by atoms with E-state index in [1.165, 1.54) is 23.5 Å². The molecule has 1 saturated heterocycles. The fraction of sp³-hybridized carbons (Fsp3) is 0.577. The number of aromatic nitrogens is 1. The van der Waals surface area contributed by atoms with Gasteiger partial charge < -0.3 is 15.2 Å². The SMILES string of the molecule is COCc1ncc(C2(O)CCC(N3CC[C@@H](NC(=O)CCC(=O)c4cccc(C(F)(F)F)c4)C3)CC2)s1. The number of nitrogens with one attached hydrogen (secondary N) is 1. The maximum absolute atomic E-state index is 12.9. The highest BCUT2D eigenvalue weighted by Crippen LogP contribution is 2.41. The van der Waals surface area contributed by atoms with Crippen molar-refractivity contribution in [2.75, 3.05) is 20.2 Å². The molecule has 1 aromatic heterocycles. The molecule has 0 bridgehead atoms. The summed E-state index contributed by atoms with van der Waals surface area (Å²) < 4.78 is 43.8. The molecule has 0 unspecified atom stereocenters. The average molecular weight is 540 g/mol. The van der Waals surface area contributed by atoms with Crippen molar-refractivity contribution in [1.29, 1.82) is 0 Å². The van der Waals surface area contributed by atoms with E-state index in [1.54, 1.807) is 13.3 Å². The Morgan fingerprint density at radius 2 is 2.00 bits per heavy atom. The first-order valence-electron chi connectivity index (χ1n) is 12.5. The lowest BCUT2D eigenvalue weighted by molar-refractivity contribution is -0.137. The molecule has 1 aliphatic heterocycles. The molecule has 1 atom stereocenters. The van der Waals surface area contributed by atoms with Crippen LogP contribution < -0.4 is 5.32 Å². The van der Waals surface area contributed by atoms with E-state index in [0.717, 1.165) is 47.8 Å². The van der Waals surface area contributed by atoms with Crippen LogP contribution in [0.1, 0.15) is 70.8 Å². The lowest BCUT2D eigenvalue weighted by Gasteiger charge is -2.39. The molecule has 2 heterocycles. The monoisotopic (exact) mass is 539 g/mol. The van der Waals surface area contributed by atoms with Gasteiger partial charge in [-0.3, -0.25) is 14.5 Å². The van der Waals surface area contributed by atoms with Gasteiger partial charge in [-0.2, -0.15) is 13.2 Å². The minimum Gasteiger partial charge on any atom is -0.384 e. The number of hydrogen-bond acceptors (Lipinski definition) is 7. The molecule has 1 saturated carbocycles. The number of carbonyl (C=O) groups excluding carboxylic acids is 2.